The van der Waals surface area contributed by atoms with E-state index < -0.39 is 0 Å². The van der Waals surface area contributed by atoms with Crippen LogP contribution in [0.5, 0.6) is 0 Å². The molecule has 6 nitrogen and oxygen atoms in total. The zero-order valence-electron chi connectivity index (χ0n) is 15.1. The lowest BCUT2D eigenvalue weighted by Crippen LogP contribution is -2.50. The first-order valence-electron chi connectivity index (χ1n) is 9.76. The number of hydrogen-bond donors (Lipinski definition) is 1. The van der Waals surface area contributed by atoms with Gasteiger partial charge in [0.15, 0.2) is 0 Å². The molecule has 0 radical (unpaired) electrons. The van der Waals surface area contributed by atoms with Crippen LogP contribution in [0.2, 0.25) is 0 Å². The molecule has 6 heteroatoms. The quantitative estimate of drug-likeness (QED) is 0.920. The first-order chi connectivity index (χ1) is 12.8. The van der Waals surface area contributed by atoms with Crippen molar-refractivity contribution in [1.82, 2.24) is 25.0 Å². The lowest BCUT2D eigenvalue weighted by molar-refractivity contribution is 0.165. The summed E-state index contributed by atoms with van der Waals surface area (Å²) < 4.78 is 2.01. The normalized spacial score (nSPS) is 24.4. The van der Waals surface area contributed by atoms with E-state index in [1.807, 2.05) is 40.4 Å². The Morgan fingerprint density at radius 3 is 2.54 bits per heavy atom. The van der Waals surface area contributed by atoms with Crippen LogP contribution in [0.4, 0.5) is 4.79 Å². The summed E-state index contributed by atoms with van der Waals surface area (Å²) in [5.41, 5.74) is 1.34. The standard InChI is InChI=1S/C20H27N5O/c26-20(23-18-4-1-2-5-19(18)25-13-3-10-22-25)24-14-8-17(9-15-24)16-6-11-21-12-7-16/h3,6-7,10-13,17-19H,1-2,4-5,8-9,14-15H2,(H,23,26)/t18-,19-/m1/s1. The molecule has 2 aromatic rings. The smallest absolute Gasteiger partial charge is 0.317 e. The molecule has 0 spiro atoms. The molecule has 138 valence electrons. The Bertz CT molecular complexity index is 694. The molecule has 2 amide bonds. The SMILES string of the molecule is O=C(N[C@@H]1CCCC[C@H]1n1cccn1)N1CCC(c2ccncc2)CC1. The van der Waals surface area contributed by atoms with Gasteiger partial charge in [-0.2, -0.15) is 5.10 Å². The van der Waals surface area contributed by atoms with Gasteiger partial charge in [-0.1, -0.05) is 12.8 Å². The van der Waals surface area contributed by atoms with Gasteiger partial charge in [-0.25, -0.2) is 4.79 Å². The fraction of sp³-hybridized carbons (Fsp3) is 0.550. The number of nitrogens with zero attached hydrogens (tertiary/aromatic N) is 4. The second kappa shape index (κ2) is 7.89. The molecular formula is C20H27N5O. The monoisotopic (exact) mass is 353 g/mol. The summed E-state index contributed by atoms with van der Waals surface area (Å²) in [6.07, 6.45) is 14.1. The third-order valence-corrected chi connectivity index (χ3v) is 5.86. The molecule has 2 fully saturated rings. The van der Waals surface area contributed by atoms with Crippen LogP contribution >= 0.6 is 0 Å². The Balaban J connectivity index is 1.33. The Kier molecular flexibility index (Phi) is 5.18. The van der Waals surface area contributed by atoms with Gasteiger partial charge in [0, 0.05) is 37.9 Å². The van der Waals surface area contributed by atoms with Crippen LogP contribution < -0.4 is 5.32 Å². The van der Waals surface area contributed by atoms with Gasteiger partial charge in [0.2, 0.25) is 0 Å². The van der Waals surface area contributed by atoms with Crippen molar-refractivity contribution >= 4 is 6.03 Å². The van der Waals surface area contributed by atoms with Crippen LogP contribution in [0.25, 0.3) is 0 Å². The molecule has 0 aromatic carbocycles. The van der Waals surface area contributed by atoms with Gasteiger partial charge in [0.05, 0.1) is 12.1 Å². The maximum atomic E-state index is 12.8. The summed E-state index contributed by atoms with van der Waals surface area (Å²) >= 11 is 0. The minimum Gasteiger partial charge on any atom is -0.333 e. The molecule has 3 heterocycles. The Labute approximate surface area is 154 Å². The fourth-order valence-corrected chi connectivity index (χ4v) is 4.37. The molecule has 1 aliphatic heterocycles. The number of amides is 2. The second-order valence-corrected chi connectivity index (χ2v) is 7.44. The minimum absolute atomic E-state index is 0.0854. The van der Waals surface area contributed by atoms with Gasteiger partial charge >= 0.3 is 6.03 Å². The zero-order valence-corrected chi connectivity index (χ0v) is 15.1. The predicted octanol–water partition coefficient (Wildman–Crippen LogP) is 3.35. The summed E-state index contributed by atoms with van der Waals surface area (Å²) in [6.45, 7) is 1.63. The third kappa shape index (κ3) is 3.74. The number of piperidine rings is 1. The Morgan fingerprint density at radius 2 is 1.81 bits per heavy atom. The highest BCUT2D eigenvalue weighted by Crippen LogP contribution is 2.30. The van der Waals surface area contributed by atoms with Crippen molar-refractivity contribution in [3.8, 4) is 0 Å². The van der Waals surface area contributed by atoms with Gasteiger partial charge < -0.3 is 10.2 Å². The van der Waals surface area contributed by atoms with E-state index in [9.17, 15) is 4.79 Å². The number of pyridine rings is 1. The zero-order chi connectivity index (χ0) is 17.8. The van der Waals surface area contributed by atoms with Gasteiger partial charge in [-0.3, -0.25) is 9.67 Å². The van der Waals surface area contributed by atoms with Gasteiger partial charge in [-0.15, -0.1) is 0 Å². The molecule has 1 saturated heterocycles. The van der Waals surface area contributed by atoms with Crippen molar-refractivity contribution < 1.29 is 4.79 Å². The van der Waals surface area contributed by atoms with E-state index in [1.54, 1.807) is 0 Å². The van der Waals surface area contributed by atoms with Crippen molar-refractivity contribution in [2.45, 2.75) is 56.5 Å². The molecule has 26 heavy (non-hydrogen) atoms. The first kappa shape index (κ1) is 17.1. The maximum Gasteiger partial charge on any atom is 0.317 e. The van der Waals surface area contributed by atoms with E-state index in [2.05, 4.69) is 27.5 Å². The summed E-state index contributed by atoms with van der Waals surface area (Å²) in [5, 5.41) is 7.70. The number of urea groups is 1. The van der Waals surface area contributed by atoms with E-state index in [-0.39, 0.29) is 18.1 Å². The van der Waals surface area contributed by atoms with E-state index in [0.29, 0.717) is 5.92 Å². The van der Waals surface area contributed by atoms with Crippen LogP contribution in [-0.2, 0) is 0 Å². The van der Waals surface area contributed by atoms with Crippen LogP contribution in [0.1, 0.15) is 56.0 Å². The van der Waals surface area contributed by atoms with E-state index in [4.69, 9.17) is 0 Å². The van der Waals surface area contributed by atoms with Gasteiger partial charge in [-0.05, 0) is 55.4 Å². The van der Waals surface area contributed by atoms with Crippen molar-refractivity contribution in [2.75, 3.05) is 13.1 Å². The Morgan fingerprint density at radius 1 is 1.04 bits per heavy atom. The summed E-state index contributed by atoms with van der Waals surface area (Å²) in [7, 11) is 0. The number of rotatable bonds is 3. The molecule has 1 aliphatic carbocycles. The van der Waals surface area contributed by atoms with E-state index >= 15 is 0 Å². The summed E-state index contributed by atoms with van der Waals surface area (Å²) in [4.78, 5) is 18.9. The van der Waals surface area contributed by atoms with Crippen LogP contribution in [0.3, 0.4) is 0 Å². The largest absolute Gasteiger partial charge is 0.333 e. The van der Waals surface area contributed by atoms with Crippen molar-refractivity contribution in [1.29, 1.82) is 0 Å². The number of carbonyl (C=O) groups is 1. The first-order valence-corrected chi connectivity index (χ1v) is 9.76. The number of nitrogens with one attached hydrogen (secondary N) is 1. The molecule has 2 aromatic heterocycles. The number of aromatic nitrogens is 3. The van der Waals surface area contributed by atoms with Gasteiger partial charge in [0.1, 0.15) is 0 Å². The summed E-state index contributed by atoms with van der Waals surface area (Å²) in [5.74, 6) is 0.536. The minimum atomic E-state index is 0.0854. The summed E-state index contributed by atoms with van der Waals surface area (Å²) in [6, 6.07) is 6.68. The Hall–Kier alpha value is -2.37. The third-order valence-electron chi connectivity index (χ3n) is 5.86. The highest BCUT2D eigenvalue weighted by Gasteiger charge is 2.31. The van der Waals surface area contributed by atoms with Crippen LogP contribution in [0, 0.1) is 0 Å². The lowest BCUT2D eigenvalue weighted by Gasteiger charge is -2.36. The fourth-order valence-electron chi connectivity index (χ4n) is 4.37. The highest BCUT2D eigenvalue weighted by atomic mass is 16.2. The predicted molar refractivity (Wildman–Crippen MR) is 99.8 cm³/mol. The molecule has 1 N–H and O–H groups in total. The molecule has 4 rings (SSSR count). The van der Waals surface area contributed by atoms with E-state index in [1.165, 1.54) is 18.4 Å². The molecule has 0 bridgehead atoms. The molecule has 0 unspecified atom stereocenters. The molecule has 2 atom stereocenters. The topological polar surface area (TPSA) is 63.1 Å². The van der Waals surface area contributed by atoms with Crippen molar-refractivity contribution in [3.05, 3.63) is 48.5 Å². The lowest BCUT2D eigenvalue weighted by atomic mass is 9.89. The van der Waals surface area contributed by atoms with Crippen LogP contribution in [-0.4, -0.2) is 44.8 Å². The molecule has 2 aliphatic rings. The number of carbonyl (C=O) groups excluding carboxylic acids is 1. The maximum absolute atomic E-state index is 12.8. The van der Waals surface area contributed by atoms with Crippen molar-refractivity contribution in [3.63, 3.8) is 0 Å². The molecule has 1 saturated carbocycles. The average Bonchev–Trinajstić information content (AvgIpc) is 3.24. The highest BCUT2D eigenvalue weighted by molar-refractivity contribution is 5.74. The molecular weight excluding hydrogens is 326 g/mol. The number of hydrogen-bond acceptors (Lipinski definition) is 3. The van der Waals surface area contributed by atoms with Crippen molar-refractivity contribution in [2.24, 2.45) is 0 Å². The average molecular weight is 353 g/mol. The number of likely N-dealkylation sites (tertiary alicyclic amines) is 1. The van der Waals surface area contributed by atoms with Crippen LogP contribution in [0.15, 0.2) is 43.0 Å². The van der Waals surface area contributed by atoms with Gasteiger partial charge in [0.25, 0.3) is 0 Å². The second-order valence-electron chi connectivity index (χ2n) is 7.44. The van der Waals surface area contributed by atoms with E-state index in [0.717, 1.165) is 38.8 Å².